The van der Waals surface area contributed by atoms with Crippen LogP contribution in [0.2, 0.25) is 5.02 Å². The van der Waals surface area contributed by atoms with E-state index in [0.29, 0.717) is 10.6 Å². The minimum atomic E-state index is -0.0744. The third kappa shape index (κ3) is 3.12. The highest BCUT2D eigenvalue weighted by atomic mass is 35.5. The number of nitrogens with zero attached hydrogens (tertiary/aromatic N) is 3. The fraction of sp³-hybridized carbons (Fsp3) is 0. The molecule has 3 aromatic heterocycles. The van der Waals surface area contributed by atoms with E-state index in [1.165, 1.54) is 0 Å². The quantitative estimate of drug-likeness (QED) is 0.377. The van der Waals surface area contributed by atoms with Gasteiger partial charge in [0.1, 0.15) is 0 Å². The molecular weight excluding hydrogens is 354 g/mol. The molecule has 0 atom stereocenters. The molecule has 0 N–H and O–H groups in total. The number of thiazole rings is 1. The maximum Gasteiger partial charge on any atom is 0.194 e. The SMILES string of the molecule is O=C(C=Cc1c(-c2ccc(Cl)cc2)nc2sccn12)c1ccncc1. The second-order valence-corrected chi connectivity index (χ2v) is 6.65. The maximum atomic E-state index is 12.3. The molecule has 4 aromatic rings. The van der Waals surface area contributed by atoms with E-state index in [4.69, 9.17) is 11.6 Å². The zero-order valence-corrected chi connectivity index (χ0v) is 14.5. The van der Waals surface area contributed by atoms with Crippen molar-refractivity contribution in [2.75, 3.05) is 0 Å². The van der Waals surface area contributed by atoms with Crippen molar-refractivity contribution < 1.29 is 4.79 Å². The molecule has 0 fully saturated rings. The van der Waals surface area contributed by atoms with Crippen LogP contribution >= 0.6 is 22.9 Å². The van der Waals surface area contributed by atoms with Crippen LogP contribution in [0.1, 0.15) is 16.1 Å². The lowest BCUT2D eigenvalue weighted by atomic mass is 10.1. The van der Waals surface area contributed by atoms with Crippen molar-refractivity contribution in [3.63, 3.8) is 0 Å². The van der Waals surface area contributed by atoms with E-state index in [9.17, 15) is 4.79 Å². The predicted molar refractivity (Wildman–Crippen MR) is 101 cm³/mol. The molecule has 3 heterocycles. The van der Waals surface area contributed by atoms with Gasteiger partial charge in [0.15, 0.2) is 10.7 Å². The lowest BCUT2D eigenvalue weighted by molar-refractivity contribution is 0.104. The first kappa shape index (κ1) is 15.7. The number of carbonyl (C=O) groups excluding carboxylic acids is 1. The molecule has 0 bridgehead atoms. The van der Waals surface area contributed by atoms with E-state index < -0.39 is 0 Å². The Bertz CT molecular complexity index is 1070. The highest BCUT2D eigenvalue weighted by Gasteiger charge is 2.13. The van der Waals surface area contributed by atoms with Crippen molar-refractivity contribution >= 4 is 39.8 Å². The summed E-state index contributed by atoms with van der Waals surface area (Å²) in [7, 11) is 0. The summed E-state index contributed by atoms with van der Waals surface area (Å²) in [5.74, 6) is -0.0744. The fourth-order valence-corrected chi connectivity index (χ4v) is 3.40. The summed E-state index contributed by atoms with van der Waals surface area (Å²) in [6, 6.07) is 10.9. The Hall–Kier alpha value is -2.76. The fourth-order valence-electron chi connectivity index (χ4n) is 2.55. The third-order valence-corrected chi connectivity index (χ3v) is 4.78. The standard InChI is InChI=1S/C19H12ClN3OS/c20-15-3-1-14(2-4-15)18-16(23-11-12-25-19(23)22-18)5-6-17(24)13-7-9-21-10-8-13/h1-12H. The molecule has 0 aliphatic carbocycles. The molecule has 0 spiro atoms. The average molecular weight is 366 g/mol. The van der Waals surface area contributed by atoms with Crippen LogP contribution in [0.4, 0.5) is 0 Å². The molecule has 0 unspecified atom stereocenters. The lowest BCUT2D eigenvalue weighted by Crippen LogP contribution is -1.94. The van der Waals surface area contributed by atoms with Gasteiger partial charge >= 0.3 is 0 Å². The van der Waals surface area contributed by atoms with Gasteiger partial charge in [-0.15, -0.1) is 11.3 Å². The van der Waals surface area contributed by atoms with Gasteiger partial charge in [-0.2, -0.15) is 0 Å². The molecule has 6 heteroatoms. The van der Waals surface area contributed by atoms with Gasteiger partial charge < -0.3 is 0 Å². The summed E-state index contributed by atoms with van der Waals surface area (Å²) in [6.45, 7) is 0. The Balaban J connectivity index is 1.76. The summed E-state index contributed by atoms with van der Waals surface area (Å²) in [5.41, 5.74) is 3.24. The van der Waals surface area contributed by atoms with Crippen LogP contribution in [0.3, 0.4) is 0 Å². The summed E-state index contributed by atoms with van der Waals surface area (Å²) < 4.78 is 1.98. The number of hydrogen-bond acceptors (Lipinski definition) is 4. The number of hydrogen-bond donors (Lipinski definition) is 0. The molecule has 0 aliphatic heterocycles. The number of halogens is 1. The largest absolute Gasteiger partial charge is 0.290 e. The van der Waals surface area contributed by atoms with E-state index in [1.54, 1.807) is 48.0 Å². The minimum absolute atomic E-state index is 0.0744. The number of fused-ring (bicyclic) bond motifs is 1. The van der Waals surface area contributed by atoms with Crippen molar-refractivity contribution in [3.05, 3.63) is 82.7 Å². The number of ketones is 1. The molecule has 1 aromatic carbocycles. The summed E-state index contributed by atoms with van der Waals surface area (Å²) >= 11 is 7.53. The number of rotatable bonds is 4. The van der Waals surface area contributed by atoms with Crippen LogP contribution in [-0.4, -0.2) is 20.2 Å². The first-order valence-corrected chi connectivity index (χ1v) is 8.82. The van der Waals surface area contributed by atoms with Crippen LogP contribution in [-0.2, 0) is 0 Å². The van der Waals surface area contributed by atoms with E-state index >= 15 is 0 Å². The van der Waals surface area contributed by atoms with Gasteiger partial charge in [0.25, 0.3) is 0 Å². The monoisotopic (exact) mass is 365 g/mol. The topological polar surface area (TPSA) is 47.3 Å². The van der Waals surface area contributed by atoms with Gasteiger partial charge in [0, 0.05) is 40.1 Å². The van der Waals surface area contributed by atoms with Gasteiger partial charge in [-0.05, 0) is 36.4 Å². The first-order valence-electron chi connectivity index (χ1n) is 7.56. The molecule has 0 amide bonds. The van der Waals surface area contributed by atoms with Gasteiger partial charge in [-0.25, -0.2) is 4.98 Å². The zero-order chi connectivity index (χ0) is 17.2. The molecule has 0 saturated heterocycles. The Kier molecular flexibility index (Phi) is 4.17. The predicted octanol–water partition coefficient (Wildman–Crippen LogP) is 5.01. The van der Waals surface area contributed by atoms with Crippen LogP contribution in [0.5, 0.6) is 0 Å². The molecular formula is C19H12ClN3OS. The third-order valence-electron chi connectivity index (χ3n) is 3.77. The maximum absolute atomic E-state index is 12.3. The van der Waals surface area contributed by atoms with Crippen molar-refractivity contribution in [1.29, 1.82) is 0 Å². The van der Waals surface area contributed by atoms with Crippen molar-refractivity contribution in [1.82, 2.24) is 14.4 Å². The van der Waals surface area contributed by atoms with Crippen LogP contribution in [0.25, 0.3) is 22.3 Å². The van der Waals surface area contributed by atoms with Crippen molar-refractivity contribution in [2.24, 2.45) is 0 Å². The molecule has 4 rings (SSSR count). The zero-order valence-electron chi connectivity index (χ0n) is 13.0. The molecule has 25 heavy (non-hydrogen) atoms. The normalized spacial score (nSPS) is 11.4. The Morgan fingerprint density at radius 2 is 1.88 bits per heavy atom. The number of carbonyl (C=O) groups is 1. The molecule has 0 radical (unpaired) electrons. The van der Waals surface area contributed by atoms with Crippen LogP contribution < -0.4 is 0 Å². The number of allylic oxidation sites excluding steroid dienone is 1. The van der Waals surface area contributed by atoms with E-state index in [-0.39, 0.29) is 5.78 Å². The number of pyridine rings is 1. The Morgan fingerprint density at radius 1 is 1.12 bits per heavy atom. The van der Waals surface area contributed by atoms with Crippen LogP contribution in [0.15, 0.2) is 66.4 Å². The van der Waals surface area contributed by atoms with Gasteiger partial charge in [0.05, 0.1) is 11.4 Å². The highest BCUT2D eigenvalue weighted by molar-refractivity contribution is 7.15. The molecule has 0 saturated carbocycles. The minimum Gasteiger partial charge on any atom is -0.290 e. The van der Waals surface area contributed by atoms with Gasteiger partial charge in [-0.3, -0.25) is 14.2 Å². The molecule has 0 aliphatic rings. The second kappa shape index (κ2) is 6.63. The summed E-state index contributed by atoms with van der Waals surface area (Å²) in [6.07, 6.45) is 8.53. The Labute approximate surface area is 153 Å². The number of aromatic nitrogens is 3. The van der Waals surface area contributed by atoms with E-state index in [1.807, 2.05) is 40.2 Å². The Morgan fingerprint density at radius 3 is 2.64 bits per heavy atom. The van der Waals surface area contributed by atoms with Crippen LogP contribution in [0, 0.1) is 0 Å². The lowest BCUT2D eigenvalue weighted by Gasteiger charge is -2.01. The van der Waals surface area contributed by atoms with E-state index in [2.05, 4.69) is 9.97 Å². The molecule has 122 valence electrons. The van der Waals surface area contributed by atoms with Crippen molar-refractivity contribution in [3.8, 4) is 11.3 Å². The van der Waals surface area contributed by atoms with Gasteiger partial charge in [-0.1, -0.05) is 23.7 Å². The first-order chi connectivity index (χ1) is 12.2. The second-order valence-electron chi connectivity index (χ2n) is 5.34. The highest BCUT2D eigenvalue weighted by Crippen LogP contribution is 2.28. The van der Waals surface area contributed by atoms with Crippen molar-refractivity contribution in [2.45, 2.75) is 0 Å². The van der Waals surface area contributed by atoms with Gasteiger partial charge in [0.2, 0.25) is 0 Å². The number of benzene rings is 1. The summed E-state index contributed by atoms with van der Waals surface area (Å²) in [4.78, 5) is 21.8. The average Bonchev–Trinajstić information content (AvgIpc) is 3.23. The summed E-state index contributed by atoms with van der Waals surface area (Å²) in [5, 5.41) is 2.64. The number of imidazole rings is 1. The molecule has 4 nitrogen and oxygen atoms in total. The smallest absolute Gasteiger partial charge is 0.194 e. The van der Waals surface area contributed by atoms with E-state index in [0.717, 1.165) is 21.9 Å².